The van der Waals surface area contributed by atoms with Crippen molar-refractivity contribution >= 4 is 34.1 Å². The molecule has 32 heavy (non-hydrogen) atoms. The van der Waals surface area contributed by atoms with Crippen LogP contribution in [-0.4, -0.2) is 29.6 Å². The topological polar surface area (TPSA) is 91.5 Å². The second kappa shape index (κ2) is 7.50. The molecule has 1 aliphatic rings. The summed E-state index contributed by atoms with van der Waals surface area (Å²) in [6.45, 7) is 2.03. The number of amides is 2. The van der Waals surface area contributed by atoms with Crippen molar-refractivity contribution in [1.82, 2.24) is 4.98 Å². The minimum Gasteiger partial charge on any atom is -0.364 e. The molecule has 2 amide bonds. The van der Waals surface area contributed by atoms with E-state index in [-0.39, 0.29) is 11.6 Å². The van der Waals surface area contributed by atoms with E-state index >= 15 is 0 Å². The molecule has 3 N–H and O–H groups in total. The van der Waals surface area contributed by atoms with Gasteiger partial charge in [0, 0.05) is 34.6 Å². The minimum atomic E-state index is -0.928. The van der Waals surface area contributed by atoms with Crippen LogP contribution in [0.15, 0.2) is 77.8 Å². The van der Waals surface area contributed by atoms with E-state index in [1.807, 2.05) is 79.7 Å². The maximum Gasteiger partial charge on any atom is 0.265 e. The van der Waals surface area contributed by atoms with Gasteiger partial charge in [-0.3, -0.25) is 14.6 Å². The van der Waals surface area contributed by atoms with E-state index < -0.39 is 11.9 Å². The summed E-state index contributed by atoms with van der Waals surface area (Å²) in [6.07, 6.45) is 0. The number of fused-ring (bicyclic) bond motifs is 2. The van der Waals surface area contributed by atoms with Crippen molar-refractivity contribution in [2.45, 2.75) is 13.0 Å². The zero-order valence-corrected chi connectivity index (χ0v) is 17.8. The van der Waals surface area contributed by atoms with E-state index in [0.717, 1.165) is 33.3 Å². The molecule has 1 aromatic heterocycles. The summed E-state index contributed by atoms with van der Waals surface area (Å²) < 4.78 is 0. The second-order valence-electron chi connectivity index (χ2n) is 7.98. The fourth-order valence-corrected chi connectivity index (χ4v) is 4.29. The Kier molecular flexibility index (Phi) is 4.63. The molecule has 0 saturated heterocycles. The number of aromatic amines is 1. The van der Waals surface area contributed by atoms with Crippen LogP contribution in [0.5, 0.6) is 0 Å². The Morgan fingerprint density at radius 3 is 2.44 bits per heavy atom. The molecule has 5 rings (SSSR count). The summed E-state index contributed by atoms with van der Waals surface area (Å²) in [5.74, 6) is -0.854. The number of carbonyl (C=O) groups excluding carboxylic acids is 2. The number of hydrogen-bond acceptors (Lipinski definition) is 3. The first-order valence-corrected chi connectivity index (χ1v) is 10.4. The van der Waals surface area contributed by atoms with Gasteiger partial charge < -0.3 is 15.6 Å². The predicted octanol–water partition coefficient (Wildman–Crippen LogP) is 4.13. The maximum atomic E-state index is 13.7. The lowest BCUT2D eigenvalue weighted by atomic mass is 9.99. The number of aryl methyl sites for hydroxylation is 1. The highest BCUT2D eigenvalue weighted by atomic mass is 16.2. The number of nitrogens with two attached hydrogens (primary N) is 1. The predicted molar refractivity (Wildman–Crippen MR) is 126 cm³/mol. The van der Waals surface area contributed by atoms with E-state index in [0.29, 0.717) is 11.3 Å². The van der Waals surface area contributed by atoms with Crippen LogP contribution in [0, 0.1) is 6.92 Å². The number of likely N-dealkylation sites (N-methyl/N-ethyl adjacent to an activating group) is 1. The molecule has 3 aromatic carbocycles. The molecule has 158 valence electrons. The number of benzodiazepines with no additional fused rings is 1. The van der Waals surface area contributed by atoms with Crippen molar-refractivity contribution in [3.63, 3.8) is 0 Å². The zero-order valence-electron chi connectivity index (χ0n) is 17.8. The van der Waals surface area contributed by atoms with Crippen molar-refractivity contribution in [1.29, 1.82) is 0 Å². The normalized spacial score (nSPS) is 15.9. The van der Waals surface area contributed by atoms with E-state index in [4.69, 9.17) is 10.7 Å². The third-order valence-corrected chi connectivity index (χ3v) is 5.93. The SMILES string of the molecule is Cc1ccc(C2=NC(c3c(C(N)=O)[nH]c4ccccc34)C(=O)N(C)c3ccccc32)cc1. The number of benzene rings is 3. The Morgan fingerprint density at radius 1 is 1.00 bits per heavy atom. The molecule has 0 radical (unpaired) electrons. The molecule has 0 saturated carbocycles. The van der Waals surface area contributed by atoms with Gasteiger partial charge in [-0.1, -0.05) is 66.2 Å². The lowest BCUT2D eigenvalue weighted by molar-refractivity contribution is -0.119. The standard InChI is InChI=1S/C26H22N4O2/c1-15-11-13-16(14-12-15)22-18-8-4-6-10-20(18)30(2)26(32)24(29-22)21-17-7-3-5-9-19(17)28-23(21)25(27)31/h3-14,24,28H,1-2H3,(H2,27,31). The number of rotatable bonds is 3. The highest BCUT2D eigenvalue weighted by Gasteiger charge is 2.35. The van der Waals surface area contributed by atoms with Crippen LogP contribution in [0.3, 0.4) is 0 Å². The molecular weight excluding hydrogens is 400 g/mol. The van der Waals surface area contributed by atoms with Gasteiger partial charge in [-0.05, 0) is 19.1 Å². The van der Waals surface area contributed by atoms with Crippen molar-refractivity contribution < 1.29 is 9.59 Å². The number of nitrogens with zero attached hydrogens (tertiary/aromatic N) is 2. The average molecular weight is 422 g/mol. The van der Waals surface area contributed by atoms with Crippen LogP contribution < -0.4 is 10.6 Å². The van der Waals surface area contributed by atoms with E-state index in [1.54, 1.807) is 11.9 Å². The zero-order chi connectivity index (χ0) is 22.4. The molecule has 0 bridgehead atoms. The number of hydrogen-bond donors (Lipinski definition) is 2. The van der Waals surface area contributed by atoms with Crippen LogP contribution in [0.25, 0.3) is 10.9 Å². The summed E-state index contributed by atoms with van der Waals surface area (Å²) in [5, 5.41) is 0.756. The molecule has 0 aliphatic carbocycles. The van der Waals surface area contributed by atoms with Gasteiger partial charge in [0.15, 0.2) is 6.04 Å². The number of aromatic nitrogens is 1. The summed E-state index contributed by atoms with van der Waals surface area (Å²) in [4.78, 5) is 35.7. The van der Waals surface area contributed by atoms with Gasteiger partial charge >= 0.3 is 0 Å². The van der Waals surface area contributed by atoms with Crippen LogP contribution in [0.4, 0.5) is 5.69 Å². The third-order valence-electron chi connectivity index (χ3n) is 5.93. The monoisotopic (exact) mass is 422 g/mol. The fourth-order valence-electron chi connectivity index (χ4n) is 4.29. The van der Waals surface area contributed by atoms with Gasteiger partial charge in [0.05, 0.1) is 11.4 Å². The number of nitrogens with one attached hydrogen (secondary N) is 1. The van der Waals surface area contributed by atoms with Gasteiger partial charge in [-0.25, -0.2) is 0 Å². The molecule has 1 aliphatic heterocycles. The van der Waals surface area contributed by atoms with Gasteiger partial charge in [0.25, 0.3) is 11.8 Å². The third kappa shape index (κ3) is 3.08. The fraction of sp³-hybridized carbons (Fsp3) is 0.115. The molecular formula is C26H22N4O2. The number of anilines is 1. The largest absolute Gasteiger partial charge is 0.364 e. The van der Waals surface area contributed by atoms with Crippen molar-refractivity contribution in [2.24, 2.45) is 10.7 Å². The molecule has 0 spiro atoms. The van der Waals surface area contributed by atoms with E-state index in [2.05, 4.69) is 4.98 Å². The van der Waals surface area contributed by atoms with Gasteiger partial charge in [-0.15, -0.1) is 0 Å². The van der Waals surface area contributed by atoms with Crippen LogP contribution >= 0.6 is 0 Å². The quantitative estimate of drug-likeness (QED) is 0.520. The number of para-hydroxylation sites is 2. The summed E-state index contributed by atoms with van der Waals surface area (Å²) in [7, 11) is 1.74. The van der Waals surface area contributed by atoms with Crippen LogP contribution in [0.1, 0.15) is 38.8 Å². The first-order valence-electron chi connectivity index (χ1n) is 10.4. The van der Waals surface area contributed by atoms with Gasteiger partial charge in [-0.2, -0.15) is 0 Å². The molecule has 6 heteroatoms. The highest BCUT2D eigenvalue weighted by Crippen LogP contribution is 2.37. The Hall–Kier alpha value is -4.19. The lowest BCUT2D eigenvalue weighted by Crippen LogP contribution is -2.31. The summed E-state index contributed by atoms with van der Waals surface area (Å²) in [6, 6.07) is 22.3. The van der Waals surface area contributed by atoms with Crippen LogP contribution in [0.2, 0.25) is 0 Å². The molecule has 2 heterocycles. The second-order valence-corrected chi connectivity index (χ2v) is 7.98. The molecule has 0 fully saturated rings. The summed E-state index contributed by atoms with van der Waals surface area (Å²) in [5.41, 5.74) is 11.5. The van der Waals surface area contributed by atoms with Gasteiger partial charge in [0.1, 0.15) is 5.69 Å². The Labute approximate surface area is 185 Å². The maximum absolute atomic E-state index is 13.7. The first-order chi connectivity index (χ1) is 15.5. The van der Waals surface area contributed by atoms with Crippen molar-refractivity contribution in [2.75, 3.05) is 11.9 Å². The Balaban J connectivity index is 1.82. The van der Waals surface area contributed by atoms with Crippen molar-refractivity contribution in [3.8, 4) is 0 Å². The molecule has 4 aromatic rings. The Bertz CT molecular complexity index is 1400. The first kappa shape index (κ1) is 19.8. The molecule has 1 atom stereocenters. The number of aliphatic imine (C=N–C) groups is 1. The number of primary amides is 1. The van der Waals surface area contributed by atoms with E-state index in [9.17, 15) is 9.59 Å². The van der Waals surface area contributed by atoms with Crippen LogP contribution in [-0.2, 0) is 4.79 Å². The molecule has 6 nitrogen and oxygen atoms in total. The smallest absolute Gasteiger partial charge is 0.265 e. The van der Waals surface area contributed by atoms with Crippen molar-refractivity contribution in [3.05, 3.63) is 101 Å². The lowest BCUT2D eigenvalue weighted by Gasteiger charge is -2.20. The highest BCUT2D eigenvalue weighted by molar-refractivity contribution is 6.20. The number of H-pyrrole nitrogens is 1. The van der Waals surface area contributed by atoms with Gasteiger partial charge in [0.2, 0.25) is 0 Å². The average Bonchev–Trinajstić information content (AvgIpc) is 3.15. The molecule has 1 unspecified atom stereocenters. The van der Waals surface area contributed by atoms with E-state index in [1.165, 1.54) is 0 Å². The minimum absolute atomic E-state index is 0.205. The number of carbonyl (C=O) groups is 2. The Morgan fingerprint density at radius 2 is 1.69 bits per heavy atom. The summed E-state index contributed by atoms with van der Waals surface area (Å²) >= 11 is 0.